The van der Waals surface area contributed by atoms with Crippen LogP contribution in [0, 0.1) is 22.6 Å². The molecule has 1 aromatic rings. The molecule has 0 bridgehead atoms. The summed E-state index contributed by atoms with van der Waals surface area (Å²) < 4.78 is 12.7. The number of nitrogens with zero attached hydrogens (tertiary/aromatic N) is 1. The number of benzene rings is 1. The average Bonchev–Trinajstić information content (AvgIpc) is 2.15. The zero-order valence-electron chi connectivity index (χ0n) is 7.66. The molecular formula is C9H9BrFN3S. The lowest BCUT2D eigenvalue weighted by atomic mass is 10.1. The van der Waals surface area contributed by atoms with Crippen LogP contribution in [0.15, 0.2) is 18.2 Å². The summed E-state index contributed by atoms with van der Waals surface area (Å²) in [5.74, 6) is -0.0171. The number of hydrogen-bond donors (Lipinski definition) is 2. The molecule has 0 amide bonds. The predicted octanol–water partition coefficient (Wildman–Crippen LogP) is 2.40. The number of thioether (sulfide) groups is 1. The Hall–Kier alpha value is -1.06. The Kier molecular flexibility index (Phi) is 5.97. The first-order valence-electron chi connectivity index (χ1n) is 3.79. The van der Waals surface area contributed by atoms with Gasteiger partial charge in [-0.25, -0.2) is 4.39 Å². The minimum atomic E-state index is -0.432. The summed E-state index contributed by atoms with van der Waals surface area (Å²) in [5.41, 5.74) is 6.13. The molecule has 3 N–H and O–H groups in total. The fourth-order valence-corrected chi connectivity index (χ4v) is 1.50. The molecule has 80 valence electrons. The van der Waals surface area contributed by atoms with Gasteiger partial charge in [0, 0.05) is 5.75 Å². The Labute approximate surface area is 102 Å². The van der Waals surface area contributed by atoms with Crippen molar-refractivity contribution in [3.8, 4) is 6.07 Å². The zero-order valence-corrected chi connectivity index (χ0v) is 10.2. The number of nitriles is 1. The van der Waals surface area contributed by atoms with Gasteiger partial charge in [-0.2, -0.15) is 5.26 Å². The molecule has 0 spiro atoms. The second kappa shape index (κ2) is 6.43. The summed E-state index contributed by atoms with van der Waals surface area (Å²) in [7, 11) is 0. The van der Waals surface area contributed by atoms with Gasteiger partial charge in [0.15, 0.2) is 5.17 Å². The van der Waals surface area contributed by atoms with E-state index >= 15 is 0 Å². The van der Waals surface area contributed by atoms with Gasteiger partial charge in [-0.1, -0.05) is 17.8 Å². The van der Waals surface area contributed by atoms with E-state index in [4.69, 9.17) is 16.4 Å². The molecule has 6 heteroatoms. The van der Waals surface area contributed by atoms with Gasteiger partial charge in [0.2, 0.25) is 0 Å². The molecular weight excluding hydrogens is 281 g/mol. The van der Waals surface area contributed by atoms with Crippen LogP contribution >= 0.6 is 28.7 Å². The summed E-state index contributed by atoms with van der Waals surface area (Å²) in [4.78, 5) is 0. The topological polar surface area (TPSA) is 73.7 Å². The number of nitrogens with two attached hydrogens (primary N) is 1. The average molecular weight is 290 g/mol. The normalized spacial score (nSPS) is 8.80. The lowest BCUT2D eigenvalue weighted by Crippen LogP contribution is -2.04. The second-order valence-electron chi connectivity index (χ2n) is 2.57. The van der Waals surface area contributed by atoms with Gasteiger partial charge in [0.25, 0.3) is 0 Å². The van der Waals surface area contributed by atoms with E-state index < -0.39 is 5.82 Å². The standard InChI is InChI=1S/C9H8FN3S.BrH/c10-8-2-1-6(5-14-9(12)13)7(3-8)4-11;/h1-3H,5H2,(H3,12,13);1H. The maximum atomic E-state index is 12.7. The Balaban J connectivity index is 0.00000196. The van der Waals surface area contributed by atoms with Gasteiger partial charge in [0.1, 0.15) is 5.82 Å². The van der Waals surface area contributed by atoms with Gasteiger partial charge >= 0.3 is 0 Å². The van der Waals surface area contributed by atoms with Gasteiger partial charge in [-0.05, 0) is 17.7 Å². The van der Waals surface area contributed by atoms with Crippen molar-refractivity contribution in [3.05, 3.63) is 35.1 Å². The molecule has 0 saturated carbocycles. The van der Waals surface area contributed by atoms with Crippen LogP contribution in [0.3, 0.4) is 0 Å². The van der Waals surface area contributed by atoms with Crippen molar-refractivity contribution < 1.29 is 4.39 Å². The van der Waals surface area contributed by atoms with Gasteiger partial charge in [-0.3, -0.25) is 5.41 Å². The highest BCUT2D eigenvalue weighted by molar-refractivity contribution is 8.93. The van der Waals surface area contributed by atoms with Crippen molar-refractivity contribution in [3.63, 3.8) is 0 Å². The first-order valence-corrected chi connectivity index (χ1v) is 4.77. The molecule has 1 rings (SSSR count). The van der Waals surface area contributed by atoms with Crippen LogP contribution in [0.2, 0.25) is 0 Å². The minimum absolute atomic E-state index is 0. The lowest BCUT2D eigenvalue weighted by molar-refractivity contribution is 0.627. The molecule has 0 aromatic heterocycles. The van der Waals surface area contributed by atoms with E-state index in [1.54, 1.807) is 0 Å². The number of halogens is 2. The third kappa shape index (κ3) is 4.32. The summed E-state index contributed by atoms with van der Waals surface area (Å²) in [6, 6.07) is 5.89. The maximum Gasteiger partial charge on any atom is 0.151 e. The summed E-state index contributed by atoms with van der Waals surface area (Å²) in [6.07, 6.45) is 0. The molecule has 1 aromatic carbocycles. The van der Waals surface area contributed by atoms with Crippen molar-refractivity contribution >= 4 is 33.9 Å². The van der Waals surface area contributed by atoms with Crippen LogP contribution < -0.4 is 5.73 Å². The van der Waals surface area contributed by atoms with E-state index in [0.29, 0.717) is 16.9 Å². The van der Waals surface area contributed by atoms with E-state index in [1.165, 1.54) is 18.2 Å². The quantitative estimate of drug-likeness (QED) is 0.649. The van der Waals surface area contributed by atoms with Crippen LogP contribution in [-0.2, 0) is 5.75 Å². The second-order valence-corrected chi connectivity index (χ2v) is 3.58. The summed E-state index contributed by atoms with van der Waals surface area (Å²) in [5, 5.41) is 15.7. The summed E-state index contributed by atoms with van der Waals surface area (Å²) in [6.45, 7) is 0. The fourth-order valence-electron chi connectivity index (χ4n) is 0.934. The fraction of sp³-hybridized carbons (Fsp3) is 0.111. The molecule has 0 fully saturated rings. The van der Waals surface area contributed by atoms with Crippen molar-refractivity contribution in [1.82, 2.24) is 0 Å². The predicted molar refractivity (Wildman–Crippen MR) is 64.6 cm³/mol. The van der Waals surface area contributed by atoms with Crippen molar-refractivity contribution in [2.45, 2.75) is 5.75 Å². The lowest BCUT2D eigenvalue weighted by Gasteiger charge is -2.02. The molecule has 0 saturated heterocycles. The van der Waals surface area contributed by atoms with Gasteiger partial charge in [-0.15, -0.1) is 17.0 Å². The largest absolute Gasteiger partial charge is 0.379 e. The molecule has 15 heavy (non-hydrogen) atoms. The molecule has 0 aliphatic heterocycles. The SMILES string of the molecule is Br.N#Cc1cc(F)ccc1CSC(=N)N. The van der Waals surface area contributed by atoms with Gasteiger partial charge in [0.05, 0.1) is 11.6 Å². The van der Waals surface area contributed by atoms with E-state index in [0.717, 1.165) is 11.8 Å². The Morgan fingerprint density at radius 1 is 1.60 bits per heavy atom. The van der Waals surface area contributed by atoms with Crippen LogP contribution in [0.5, 0.6) is 0 Å². The molecule has 0 unspecified atom stereocenters. The molecule has 0 aliphatic rings. The smallest absolute Gasteiger partial charge is 0.151 e. The van der Waals surface area contributed by atoms with Crippen LogP contribution in [0.25, 0.3) is 0 Å². The first kappa shape index (κ1) is 13.9. The van der Waals surface area contributed by atoms with E-state index in [9.17, 15) is 4.39 Å². The van der Waals surface area contributed by atoms with Crippen LogP contribution in [0.1, 0.15) is 11.1 Å². The molecule has 0 radical (unpaired) electrons. The number of amidine groups is 1. The summed E-state index contributed by atoms with van der Waals surface area (Å²) >= 11 is 1.11. The maximum absolute atomic E-state index is 12.7. The van der Waals surface area contributed by atoms with Crippen molar-refractivity contribution in [2.24, 2.45) is 5.73 Å². The highest BCUT2D eigenvalue weighted by atomic mass is 79.9. The van der Waals surface area contributed by atoms with Gasteiger partial charge < -0.3 is 5.73 Å². The minimum Gasteiger partial charge on any atom is -0.379 e. The van der Waals surface area contributed by atoms with Crippen LogP contribution in [-0.4, -0.2) is 5.17 Å². The number of nitrogens with one attached hydrogen (secondary N) is 1. The Bertz CT molecular complexity index is 403. The van der Waals surface area contributed by atoms with Crippen molar-refractivity contribution in [2.75, 3.05) is 0 Å². The first-order chi connectivity index (χ1) is 6.63. The third-order valence-electron chi connectivity index (χ3n) is 1.58. The highest BCUT2D eigenvalue weighted by Gasteiger charge is 2.04. The highest BCUT2D eigenvalue weighted by Crippen LogP contribution is 2.16. The molecule has 0 atom stereocenters. The zero-order chi connectivity index (χ0) is 10.6. The van der Waals surface area contributed by atoms with E-state index in [1.807, 2.05) is 6.07 Å². The van der Waals surface area contributed by atoms with E-state index in [2.05, 4.69) is 0 Å². The third-order valence-corrected chi connectivity index (χ3v) is 2.34. The number of rotatable bonds is 2. The molecule has 3 nitrogen and oxygen atoms in total. The molecule has 0 aliphatic carbocycles. The Morgan fingerprint density at radius 2 is 2.27 bits per heavy atom. The van der Waals surface area contributed by atoms with E-state index in [-0.39, 0.29) is 22.1 Å². The van der Waals surface area contributed by atoms with Crippen LogP contribution in [0.4, 0.5) is 4.39 Å². The van der Waals surface area contributed by atoms with Crippen molar-refractivity contribution in [1.29, 1.82) is 10.7 Å². The number of hydrogen-bond acceptors (Lipinski definition) is 3. The monoisotopic (exact) mass is 289 g/mol. The molecule has 0 heterocycles. The Morgan fingerprint density at radius 3 is 2.80 bits per heavy atom.